The summed E-state index contributed by atoms with van der Waals surface area (Å²) in [6.45, 7) is 1.23. The Morgan fingerprint density at radius 1 is 1.00 bits per heavy atom. The third-order valence-corrected chi connectivity index (χ3v) is 6.35. The lowest BCUT2D eigenvalue weighted by atomic mass is 9.80. The second kappa shape index (κ2) is 8.75. The van der Waals surface area contributed by atoms with E-state index in [0.29, 0.717) is 30.9 Å². The topological polar surface area (TPSA) is 63.6 Å². The normalized spacial score (nSPS) is 19.1. The lowest BCUT2D eigenvalue weighted by Gasteiger charge is -2.43. The van der Waals surface area contributed by atoms with E-state index in [-0.39, 0.29) is 29.2 Å². The largest absolute Gasteiger partial charge is 0.573 e. The van der Waals surface area contributed by atoms with Crippen LogP contribution in [0.2, 0.25) is 0 Å². The lowest BCUT2D eigenvalue weighted by Crippen LogP contribution is -2.50. The fourth-order valence-electron chi connectivity index (χ4n) is 5.03. The van der Waals surface area contributed by atoms with Gasteiger partial charge >= 0.3 is 12.4 Å². The van der Waals surface area contributed by atoms with Crippen molar-refractivity contribution in [2.75, 3.05) is 18.4 Å². The molecule has 2 amide bonds. The summed E-state index contributed by atoms with van der Waals surface area (Å²) in [5.41, 5.74) is 2.31. The number of hydrogen-bond donors (Lipinski definition) is 1. The summed E-state index contributed by atoms with van der Waals surface area (Å²) >= 11 is 0. The average Bonchev–Trinajstić information content (AvgIpc) is 2.79. The van der Waals surface area contributed by atoms with E-state index in [9.17, 15) is 27.2 Å². The zero-order valence-corrected chi connectivity index (χ0v) is 18.4. The van der Waals surface area contributed by atoms with Gasteiger partial charge in [-0.3, -0.25) is 4.79 Å². The molecule has 10 heteroatoms. The van der Waals surface area contributed by atoms with Crippen LogP contribution in [0, 0.1) is 11.7 Å². The minimum absolute atomic E-state index is 0.0648. The first-order chi connectivity index (χ1) is 16.7. The number of anilines is 1. The third-order valence-electron chi connectivity index (χ3n) is 6.35. The number of urea groups is 1. The number of aromatic nitrogens is 1. The number of likely N-dealkylation sites (tertiary alicyclic amines) is 1. The number of ether oxygens (including phenoxy) is 1. The van der Waals surface area contributed by atoms with E-state index in [1.807, 2.05) is 0 Å². The van der Waals surface area contributed by atoms with Crippen molar-refractivity contribution in [2.24, 2.45) is 5.92 Å². The van der Waals surface area contributed by atoms with Gasteiger partial charge in [-0.1, -0.05) is 18.2 Å². The Kier molecular flexibility index (Phi) is 5.74. The molecule has 1 N–H and O–H groups in total. The number of carbonyl (C=O) groups is 1. The Bertz CT molecular complexity index is 1320. The van der Waals surface area contributed by atoms with Gasteiger partial charge < -0.3 is 19.5 Å². The van der Waals surface area contributed by atoms with Gasteiger partial charge in [-0.15, -0.1) is 13.2 Å². The van der Waals surface area contributed by atoms with Gasteiger partial charge in [0, 0.05) is 48.6 Å². The standard InChI is InChI=1S/C25H21F4N3O3/c26-18-2-1-3-19(11-18)30-24(34)31-12-15-10-17(14-31)23-21(8-9-22(33)32(23)13-15)16-4-6-20(7-5-16)35-25(27,28)29/h1-9,11,15,17H,10,12-14H2,(H,30,34). The summed E-state index contributed by atoms with van der Waals surface area (Å²) < 4.78 is 56.7. The molecule has 0 radical (unpaired) electrons. The molecule has 35 heavy (non-hydrogen) atoms. The lowest BCUT2D eigenvalue weighted by molar-refractivity contribution is -0.274. The fourth-order valence-corrected chi connectivity index (χ4v) is 5.03. The zero-order valence-electron chi connectivity index (χ0n) is 18.4. The van der Waals surface area contributed by atoms with Crippen LogP contribution in [0.15, 0.2) is 65.5 Å². The highest BCUT2D eigenvalue weighted by molar-refractivity contribution is 5.89. The molecular weight excluding hydrogens is 466 g/mol. The van der Waals surface area contributed by atoms with Crippen molar-refractivity contribution in [1.29, 1.82) is 0 Å². The summed E-state index contributed by atoms with van der Waals surface area (Å²) in [5, 5.41) is 2.72. The molecule has 5 rings (SSSR count). The smallest absolute Gasteiger partial charge is 0.406 e. The van der Waals surface area contributed by atoms with E-state index in [1.165, 1.54) is 48.5 Å². The van der Waals surface area contributed by atoms with Gasteiger partial charge in [0.15, 0.2) is 0 Å². The summed E-state index contributed by atoms with van der Waals surface area (Å²) in [5.74, 6) is -0.866. The molecule has 2 aliphatic rings. The van der Waals surface area contributed by atoms with Gasteiger partial charge in [0.1, 0.15) is 11.6 Å². The van der Waals surface area contributed by atoms with Crippen LogP contribution in [0.4, 0.5) is 28.0 Å². The first kappa shape index (κ1) is 22.9. The molecule has 0 spiro atoms. The van der Waals surface area contributed by atoms with Gasteiger partial charge in [-0.25, -0.2) is 9.18 Å². The highest BCUT2D eigenvalue weighted by Crippen LogP contribution is 2.40. The molecule has 0 aliphatic carbocycles. The Hall–Kier alpha value is -3.82. The van der Waals surface area contributed by atoms with Crippen molar-refractivity contribution in [3.63, 3.8) is 0 Å². The Morgan fingerprint density at radius 2 is 1.77 bits per heavy atom. The number of amides is 2. The van der Waals surface area contributed by atoms with Crippen LogP contribution in [0.1, 0.15) is 18.0 Å². The number of nitrogens with zero attached hydrogens (tertiary/aromatic N) is 2. The average molecular weight is 487 g/mol. The molecule has 2 aliphatic heterocycles. The minimum atomic E-state index is -4.78. The van der Waals surface area contributed by atoms with Gasteiger partial charge in [0.25, 0.3) is 5.56 Å². The molecule has 1 fully saturated rings. The number of pyridine rings is 1. The SMILES string of the molecule is O=C(Nc1cccc(F)c1)N1CC2CC(C1)c1c(-c3ccc(OC(F)(F)F)cc3)ccc(=O)n1C2. The number of piperidine rings is 1. The molecule has 1 aromatic heterocycles. The quantitative estimate of drug-likeness (QED) is 0.517. The Balaban J connectivity index is 1.43. The summed E-state index contributed by atoms with van der Waals surface area (Å²) in [4.78, 5) is 27.2. The monoisotopic (exact) mass is 487 g/mol. The molecule has 182 valence electrons. The molecular formula is C25H21F4N3O3. The van der Waals surface area contributed by atoms with Crippen LogP contribution in [-0.4, -0.2) is 34.9 Å². The van der Waals surface area contributed by atoms with Crippen LogP contribution < -0.4 is 15.6 Å². The molecule has 3 aromatic rings. The number of halogens is 4. The van der Waals surface area contributed by atoms with Crippen molar-refractivity contribution in [3.8, 4) is 16.9 Å². The van der Waals surface area contributed by atoms with Crippen LogP contribution in [0.3, 0.4) is 0 Å². The first-order valence-electron chi connectivity index (χ1n) is 11.1. The van der Waals surface area contributed by atoms with Crippen molar-refractivity contribution in [3.05, 3.63) is 82.5 Å². The first-order valence-corrected chi connectivity index (χ1v) is 11.1. The molecule has 2 atom stereocenters. The van der Waals surface area contributed by atoms with E-state index in [4.69, 9.17) is 0 Å². The number of carbonyl (C=O) groups excluding carboxylic acids is 1. The predicted octanol–water partition coefficient (Wildman–Crippen LogP) is 5.20. The van der Waals surface area contributed by atoms with Gasteiger partial charge in [0.05, 0.1) is 0 Å². The van der Waals surface area contributed by atoms with Crippen molar-refractivity contribution < 1.29 is 27.1 Å². The Labute approximate surface area is 197 Å². The maximum atomic E-state index is 13.5. The zero-order chi connectivity index (χ0) is 24.7. The van der Waals surface area contributed by atoms with E-state index >= 15 is 0 Å². The predicted molar refractivity (Wildman–Crippen MR) is 121 cm³/mol. The van der Waals surface area contributed by atoms with Crippen molar-refractivity contribution in [2.45, 2.75) is 25.2 Å². The number of alkyl halides is 3. The number of nitrogens with one attached hydrogen (secondary N) is 1. The molecule has 0 saturated carbocycles. The van der Waals surface area contributed by atoms with Crippen LogP contribution in [-0.2, 0) is 6.54 Å². The Morgan fingerprint density at radius 3 is 2.49 bits per heavy atom. The van der Waals surface area contributed by atoms with Crippen molar-refractivity contribution in [1.82, 2.24) is 9.47 Å². The number of benzene rings is 2. The maximum Gasteiger partial charge on any atom is 0.573 e. The molecule has 2 bridgehead atoms. The van der Waals surface area contributed by atoms with Gasteiger partial charge in [-0.05, 0) is 54.3 Å². The minimum Gasteiger partial charge on any atom is -0.406 e. The molecule has 3 heterocycles. The molecule has 2 aromatic carbocycles. The van der Waals surface area contributed by atoms with Crippen molar-refractivity contribution >= 4 is 11.7 Å². The highest BCUT2D eigenvalue weighted by Gasteiger charge is 2.38. The number of rotatable bonds is 3. The maximum absolute atomic E-state index is 13.5. The second-order valence-electron chi connectivity index (χ2n) is 8.80. The van der Waals surface area contributed by atoms with Gasteiger partial charge in [0.2, 0.25) is 0 Å². The molecule has 6 nitrogen and oxygen atoms in total. The highest BCUT2D eigenvalue weighted by atomic mass is 19.4. The summed E-state index contributed by atoms with van der Waals surface area (Å²) in [7, 11) is 0. The fraction of sp³-hybridized carbons (Fsp3) is 0.280. The van der Waals surface area contributed by atoms with E-state index in [1.54, 1.807) is 21.6 Å². The second-order valence-corrected chi connectivity index (χ2v) is 8.80. The summed E-state index contributed by atoms with van der Waals surface area (Å²) in [6.07, 6.45) is -4.01. The van der Waals surface area contributed by atoms with E-state index in [0.717, 1.165) is 17.7 Å². The van der Waals surface area contributed by atoms with Crippen LogP contribution >= 0.6 is 0 Å². The van der Waals surface area contributed by atoms with Crippen LogP contribution in [0.25, 0.3) is 11.1 Å². The van der Waals surface area contributed by atoms with E-state index in [2.05, 4.69) is 10.1 Å². The number of fused-ring (bicyclic) bond motifs is 4. The number of hydrogen-bond acceptors (Lipinski definition) is 3. The summed E-state index contributed by atoms with van der Waals surface area (Å²) in [6, 6.07) is 13.9. The third kappa shape index (κ3) is 4.87. The van der Waals surface area contributed by atoms with Crippen LogP contribution in [0.5, 0.6) is 5.75 Å². The molecule has 2 unspecified atom stereocenters. The molecule has 1 saturated heterocycles. The van der Waals surface area contributed by atoms with Gasteiger partial charge in [-0.2, -0.15) is 0 Å². The van der Waals surface area contributed by atoms with E-state index < -0.39 is 12.2 Å².